The van der Waals surface area contributed by atoms with Gasteiger partial charge >= 0.3 is 11.9 Å². The number of carbonyl (C=O) groups excluding carboxylic acids is 1. The molecule has 1 aliphatic rings. The molecule has 0 bridgehead atoms. The molecule has 2 atom stereocenters. The van der Waals surface area contributed by atoms with Crippen LogP contribution in [0.5, 0.6) is 0 Å². The van der Waals surface area contributed by atoms with Crippen LogP contribution in [-0.2, 0) is 27.2 Å². The van der Waals surface area contributed by atoms with Crippen molar-refractivity contribution in [3.8, 4) is 0 Å². The minimum atomic E-state index is -0.853. The Morgan fingerprint density at radius 2 is 1.79 bits per heavy atom. The van der Waals surface area contributed by atoms with E-state index in [1.165, 1.54) is 6.92 Å². The van der Waals surface area contributed by atoms with E-state index in [1.54, 1.807) is 6.92 Å². The fourth-order valence-corrected chi connectivity index (χ4v) is 3.43. The summed E-state index contributed by atoms with van der Waals surface area (Å²) < 4.78 is 5.63. The van der Waals surface area contributed by atoms with Crippen molar-refractivity contribution in [1.29, 1.82) is 0 Å². The van der Waals surface area contributed by atoms with Crippen LogP contribution in [-0.4, -0.2) is 17.0 Å². The molecule has 0 heterocycles. The Hall–Kier alpha value is -2.62. The lowest BCUT2D eigenvalue weighted by molar-refractivity contribution is -0.145. The molecule has 0 saturated heterocycles. The Bertz CT molecular complexity index is 794. The number of aryl methyl sites for hydroxylation is 1. The molecular formula is C20H20O4. The Balaban J connectivity index is 2.18. The second-order valence-electron chi connectivity index (χ2n) is 6.16. The predicted molar refractivity (Wildman–Crippen MR) is 90.0 cm³/mol. The molecule has 0 spiro atoms. The van der Waals surface area contributed by atoms with Crippen molar-refractivity contribution < 1.29 is 19.4 Å². The third kappa shape index (κ3) is 2.92. The highest BCUT2D eigenvalue weighted by Gasteiger charge is 2.29. The van der Waals surface area contributed by atoms with Crippen molar-refractivity contribution in [1.82, 2.24) is 0 Å². The van der Waals surface area contributed by atoms with Gasteiger partial charge in [-0.05, 0) is 36.5 Å². The summed E-state index contributed by atoms with van der Waals surface area (Å²) in [6, 6.07) is 13.6. The van der Waals surface area contributed by atoms with Gasteiger partial charge in [0.25, 0.3) is 0 Å². The zero-order valence-electron chi connectivity index (χ0n) is 13.8. The number of benzene rings is 2. The second kappa shape index (κ2) is 6.48. The molecule has 0 saturated carbocycles. The Labute approximate surface area is 141 Å². The number of aliphatic carboxylic acids is 1. The number of carboxylic acid groups (broad SMARTS) is 1. The van der Waals surface area contributed by atoms with Gasteiger partial charge in [0.15, 0.2) is 6.10 Å². The Morgan fingerprint density at radius 3 is 2.50 bits per heavy atom. The van der Waals surface area contributed by atoms with Crippen LogP contribution in [0, 0.1) is 0 Å². The van der Waals surface area contributed by atoms with Crippen molar-refractivity contribution in [2.24, 2.45) is 0 Å². The molecule has 1 N–H and O–H groups in total. The van der Waals surface area contributed by atoms with Crippen LogP contribution in [0.1, 0.15) is 53.7 Å². The average molecular weight is 324 g/mol. The van der Waals surface area contributed by atoms with Crippen molar-refractivity contribution in [3.63, 3.8) is 0 Å². The first kappa shape index (κ1) is 16.2. The first-order valence-electron chi connectivity index (χ1n) is 8.08. The van der Waals surface area contributed by atoms with E-state index < -0.39 is 18.0 Å². The van der Waals surface area contributed by atoms with Gasteiger partial charge in [0.1, 0.15) is 0 Å². The second-order valence-corrected chi connectivity index (χ2v) is 6.16. The maximum Gasteiger partial charge on any atom is 0.310 e. The van der Waals surface area contributed by atoms with Crippen molar-refractivity contribution in [2.45, 2.75) is 38.7 Å². The van der Waals surface area contributed by atoms with E-state index in [9.17, 15) is 14.7 Å². The summed E-state index contributed by atoms with van der Waals surface area (Å²) in [7, 11) is 0. The molecule has 0 aromatic heterocycles. The number of fused-ring (bicyclic) bond motifs is 2. The van der Waals surface area contributed by atoms with Crippen LogP contribution in [0.25, 0.3) is 0 Å². The highest BCUT2D eigenvalue weighted by molar-refractivity contribution is 5.76. The van der Waals surface area contributed by atoms with Gasteiger partial charge in [-0.15, -0.1) is 0 Å². The summed E-state index contributed by atoms with van der Waals surface area (Å²) in [6.45, 7) is 3.09. The first-order valence-corrected chi connectivity index (χ1v) is 8.08. The third-order valence-corrected chi connectivity index (χ3v) is 4.63. The van der Waals surface area contributed by atoms with E-state index in [2.05, 4.69) is 0 Å². The molecule has 0 amide bonds. The summed E-state index contributed by atoms with van der Waals surface area (Å²) in [4.78, 5) is 23.1. The fourth-order valence-electron chi connectivity index (χ4n) is 3.43. The van der Waals surface area contributed by atoms with Crippen molar-refractivity contribution >= 4 is 11.9 Å². The van der Waals surface area contributed by atoms with Crippen LogP contribution in [0.3, 0.4) is 0 Å². The molecule has 4 heteroatoms. The molecule has 2 unspecified atom stereocenters. The number of hydrogen-bond donors (Lipinski definition) is 1. The van der Waals surface area contributed by atoms with Gasteiger partial charge in [-0.25, -0.2) is 0 Å². The van der Waals surface area contributed by atoms with Crippen molar-refractivity contribution in [2.75, 3.05) is 0 Å². The maximum atomic E-state index is 11.7. The van der Waals surface area contributed by atoms with Crippen molar-refractivity contribution in [3.05, 3.63) is 70.3 Å². The van der Waals surface area contributed by atoms with Gasteiger partial charge in [0, 0.05) is 18.1 Å². The molecule has 0 fully saturated rings. The monoisotopic (exact) mass is 324 g/mol. The van der Waals surface area contributed by atoms with E-state index in [0.29, 0.717) is 0 Å². The topological polar surface area (TPSA) is 63.6 Å². The van der Waals surface area contributed by atoms with E-state index in [0.717, 1.165) is 40.7 Å². The predicted octanol–water partition coefficient (Wildman–Crippen LogP) is 3.63. The van der Waals surface area contributed by atoms with Gasteiger partial charge in [-0.3, -0.25) is 9.59 Å². The quantitative estimate of drug-likeness (QED) is 0.876. The number of ether oxygens (including phenoxy) is 1. The normalized spacial score (nSPS) is 17.2. The van der Waals surface area contributed by atoms with E-state index >= 15 is 0 Å². The molecule has 124 valence electrons. The van der Waals surface area contributed by atoms with Gasteiger partial charge in [0.2, 0.25) is 0 Å². The smallest absolute Gasteiger partial charge is 0.310 e. The Morgan fingerprint density at radius 1 is 1.08 bits per heavy atom. The number of esters is 1. The van der Waals surface area contributed by atoms with Crippen LogP contribution in [0.2, 0.25) is 0 Å². The third-order valence-electron chi connectivity index (χ3n) is 4.63. The van der Waals surface area contributed by atoms with Gasteiger partial charge in [-0.1, -0.05) is 42.5 Å². The summed E-state index contributed by atoms with van der Waals surface area (Å²) in [5.41, 5.74) is 4.78. The number of carboxylic acids is 1. The zero-order valence-corrected chi connectivity index (χ0v) is 13.8. The fraction of sp³-hybridized carbons (Fsp3) is 0.300. The van der Waals surface area contributed by atoms with E-state index in [-0.39, 0.29) is 5.97 Å². The van der Waals surface area contributed by atoms with Gasteiger partial charge < -0.3 is 9.84 Å². The highest BCUT2D eigenvalue weighted by Crippen LogP contribution is 2.38. The first-order chi connectivity index (χ1) is 11.5. The van der Waals surface area contributed by atoms with Gasteiger partial charge in [0.05, 0.1) is 5.92 Å². The molecule has 2 aromatic rings. The molecule has 4 nitrogen and oxygen atoms in total. The number of rotatable bonds is 3. The minimum Gasteiger partial charge on any atom is -0.481 e. The summed E-state index contributed by atoms with van der Waals surface area (Å²) in [5, 5.41) is 9.41. The summed E-state index contributed by atoms with van der Waals surface area (Å²) >= 11 is 0. The molecule has 24 heavy (non-hydrogen) atoms. The molecular weight excluding hydrogens is 304 g/mol. The SMILES string of the molecule is CC(=O)OC1c2ccccc2CCc2c(C(C)C(=O)O)cccc21. The maximum absolute atomic E-state index is 11.7. The lowest BCUT2D eigenvalue weighted by Gasteiger charge is -2.22. The van der Waals surface area contributed by atoms with Crippen LogP contribution < -0.4 is 0 Å². The lowest BCUT2D eigenvalue weighted by Crippen LogP contribution is -2.15. The minimum absolute atomic E-state index is 0.348. The molecule has 0 aliphatic heterocycles. The molecule has 1 aliphatic carbocycles. The Kier molecular flexibility index (Phi) is 4.38. The molecule has 0 radical (unpaired) electrons. The number of hydrogen-bond acceptors (Lipinski definition) is 3. The largest absolute Gasteiger partial charge is 0.481 e. The number of carbonyl (C=O) groups is 2. The molecule has 3 rings (SSSR count). The van der Waals surface area contributed by atoms with Gasteiger partial charge in [-0.2, -0.15) is 0 Å². The van der Waals surface area contributed by atoms with Crippen LogP contribution >= 0.6 is 0 Å². The summed E-state index contributed by atoms with van der Waals surface area (Å²) in [6.07, 6.45) is 1.04. The summed E-state index contributed by atoms with van der Waals surface area (Å²) in [5.74, 6) is -1.80. The average Bonchev–Trinajstić information content (AvgIpc) is 2.71. The van der Waals surface area contributed by atoms with E-state index in [1.807, 2.05) is 42.5 Å². The zero-order chi connectivity index (χ0) is 17.3. The highest BCUT2D eigenvalue weighted by atomic mass is 16.5. The lowest BCUT2D eigenvalue weighted by atomic mass is 9.88. The van der Waals surface area contributed by atoms with E-state index in [4.69, 9.17) is 4.74 Å². The molecule has 2 aromatic carbocycles. The van der Waals surface area contributed by atoms with Crippen LogP contribution in [0.15, 0.2) is 42.5 Å². The standard InChI is InChI=1S/C20H20O4/c1-12(20(22)23)15-8-5-9-18-17(15)11-10-14-6-3-4-7-16(14)19(18)24-13(2)21/h3-9,12,19H,10-11H2,1-2H3,(H,22,23). The van der Waals surface area contributed by atoms with Crippen LogP contribution in [0.4, 0.5) is 0 Å².